The molecule has 1 unspecified atom stereocenters. The Morgan fingerprint density at radius 1 is 1.48 bits per heavy atom. The quantitative estimate of drug-likeness (QED) is 0.604. The van der Waals surface area contributed by atoms with Crippen molar-refractivity contribution in [3.05, 3.63) is 30.1 Å². The fraction of sp³-hybridized carbons (Fsp3) is 0.364. The highest BCUT2D eigenvalue weighted by Gasteiger charge is 2.18. The molecule has 0 spiro atoms. The lowest BCUT2D eigenvalue weighted by molar-refractivity contribution is 0.340. The minimum atomic E-state index is -3.52. The van der Waals surface area contributed by atoms with Crippen molar-refractivity contribution in [3.63, 3.8) is 0 Å². The van der Waals surface area contributed by atoms with Crippen LogP contribution in [-0.4, -0.2) is 41.4 Å². The average molecular weight is 312 g/mol. The summed E-state index contributed by atoms with van der Waals surface area (Å²) in [6.45, 7) is 1.64. The van der Waals surface area contributed by atoms with Crippen molar-refractivity contribution < 1.29 is 13.2 Å². The largest absolute Gasteiger partial charge is 0.492 e. The van der Waals surface area contributed by atoms with E-state index in [1.54, 1.807) is 31.2 Å². The van der Waals surface area contributed by atoms with E-state index >= 15 is 0 Å². The van der Waals surface area contributed by atoms with E-state index in [1.807, 2.05) is 0 Å². The molecular weight excluding hydrogens is 296 g/mol. The van der Waals surface area contributed by atoms with Crippen molar-refractivity contribution in [3.8, 4) is 5.75 Å². The molecule has 1 atom stereocenters. The molecule has 2 rings (SSSR count). The predicted molar refractivity (Wildman–Crippen MR) is 75.9 cm³/mol. The molecule has 4 N–H and O–H groups in total. The van der Waals surface area contributed by atoms with E-state index < -0.39 is 16.1 Å². The van der Waals surface area contributed by atoms with Gasteiger partial charge in [-0.25, -0.2) is 13.1 Å². The zero-order valence-corrected chi connectivity index (χ0v) is 12.2. The molecule has 0 aliphatic rings. The second-order valence-corrected chi connectivity index (χ2v) is 6.22. The molecular formula is C11H16N6O3S. The first-order valence-corrected chi connectivity index (χ1v) is 7.83. The standard InChI is InChI=1S/C11H16N6O3S/c1-8(11-13-16-17-14-11)15-21(18,19)6-5-20-10-4-2-3-9(12)7-10/h2-4,7-8,15H,5-6,12H2,1H3,(H,13,14,16,17). The van der Waals surface area contributed by atoms with Crippen molar-refractivity contribution in [2.45, 2.75) is 13.0 Å². The summed E-state index contributed by atoms with van der Waals surface area (Å²) in [5.74, 6) is 0.607. The fourth-order valence-corrected chi connectivity index (χ4v) is 2.67. The van der Waals surface area contributed by atoms with Gasteiger partial charge < -0.3 is 10.5 Å². The number of rotatable bonds is 7. The van der Waals surface area contributed by atoms with E-state index in [-0.39, 0.29) is 18.2 Å². The fourth-order valence-electron chi connectivity index (χ4n) is 1.61. The highest BCUT2D eigenvalue weighted by atomic mass is 32.2. The van der Waals surface area contributed by atoms with Crippen LogP contribution in [0.4, 0.5) is 5.69 Å². The average Bonchev–Trinajstić information content (AvgIpc) is 2.92. The molecule has 0 amide bonds. The third-order valence-corrected chi connectivity index (χ3v) is 4.00. The van der Waals surface area contributed by atoms with Crippen molar-refractivity contribution in [2.24, 2.45) is 0 Å². The topological polar surface area (TPSA) is 136 Å². The number of aromatic nitrogens is 4. The second kappa shape index (κ2) is 6.50. The van der Waals surface area contributed by atoms with Crippen molar-refractivity contribution in [1.29, 1.82) is 0 Å². The van der Waals surface area contributed by atoms with Crippen molar-refractivity contribution in [1.82, 2.24) is 25.3 Å². The molecule has 0 aliphatic heterocycles. The van der Waals surface area contributed by atoms with E-state index in [0.29, 0.717) is 11.4 Å². The van der Waals surface area contributed by atoms with Crippen LogP contribution in [0.3, 0.4) is 0 Å². The van der Waals surface area contributed by atoms with E-state index in [2.05, 4.69) is 25.3 Å². The third kappa shape index (κ3) is 4.68. The molecule has 0 aliphatic carbocycles. The molecule has 2 aromatic rings. The molecule has 0 bridgehead atoms. The van der Waals surface area contributed by atoms with Crippen LogP contribution in [0.25, 0.3) is 0 Å². The number of nitrogens with two attached hydrogens (primary N) is 1. The van der Waals surface area contributed by atoms with Crippen LogP contribution >= 0.6 is 0 Å². The Labute approximate surface area is 121 Å². The van der Waals surface area contributed by atoms with Gasteiger partial charge in [0.15, 0.2) is 5.82 Å². The number of ether oxygens (including phenoxy) is 1. The Kier molecular flexibility index (Phi) is 4.70. The first kappa shape index (κ1) is 15.2. The molecule has 9 nitrogen and oxygen atoms in total. The number of hydrogen-bond acceptors (Lipinski definition) is 7. The Hall–Kier alpha value is -2.20. The van der Waals surface area contributed by atoms with Gasteiger partial charge in [0.05, 0.1) is 11.8 Å². The van der Waals surface area contributed by atoms with Gasteiger partial charge in [-0.05, 0) is 19.1 Å². The third-order valence-electron chi connectivity index (χ3n) is 2.58. The Bertz CT molecular complexity index is 673. The number of H-pyrrole nitrogens is 1. The smallest absolute Gasteiger partial charge is 0.215 e. The highest BCUT2D eigenvalue weighted by Crippen LogP contribution is 2.14. The number of tetrazole rings is 1. The monoisotopic (exact) mass is 312 g/mol. The maximum Gasteiger partial charge on any atom is 0.215 e. The molecule has 1 aromatic heterocycles. The number of benzene rings is 1. The van der Waals surface area contributed by atoms with Gasteiger partial charge in [-0.3, -0.25) is 0 Å². The second-order valence-electron chi connectivity index (χ2n) is 4.35. The number of sulfonamides is 1. The van der Waals surface area contributed by atoms with E-state index in [4.69, 9.17) is 10.5 Å². The van der Waals surface area contributed by atoms with Crippen LogP contribution in [0.15, 0.2) is 24.3 Å². The zero-order chi connectivity index (χ0) is 15.3. The Morgan fingerprint density at radius 2 is 2.29 bits per heavy atom. The maximum atomic E-state index is 11.9. The maximum absolute atomic E-state index is 11.9. The van der Waals surface area contributed by atoms with Crippen LogP contribution in [0.5, 0.6) is 5.75 Å². The predicted octanol–water partition coefficient (Wildman–Crippen LogP) is -0.159. The summed E-state index contributed by atoms with van der Waals surface area (Å²) in [7, 11) is -3.52. The lowest BCUT2D eigenvalue weighted by Gasteiger charge is -2.11. The van der Waals surface area contributed by atoms with Crippen LogP contribution in [0.2, 0.25) is 0 Å². The van der Waals surface area contributed by atoms with Crippen LogP contribution < -0.4 is 15.2 Å². The van der Waals surface area contributed by atoms with E-state index in [1.165, 1.54) is 0 Å². The number of hydrogen-bond donors (Lipinski definition) is 3. The molecule has 10 heteroatoms. The van der Waals surface area contributed by atoms with Crippen LogP contribution in [0.1, 0.15) is 18.8 Å². The summed E-state index contributed by atoms with van der Waals surface area (Å²) < 4.78 is 31.6. The number of nitrogens with zero attached hydrogens (tertiary/aromatic N) is 3. The lowest BCUT2D eigenvalue weighted by Crippen LogP contribution is -2.31. The van der Waals surface area contributed by atoms with Gasteiger partial charge in [-0.2, -0.15) is 5.21 Å². The van der Waals surface area contributed by atoms with Gasteiger partial charge in [0, 0.05) is 11.8 Å². The summed E-state index contributed by atoms with van der Waals surface area (Å²) >= 11 is 0. The minimum Gasteiger partial charge on any atom is -0.492 e. The normalized spacial score (nSPS) is 13.0. The van der Waals surface area contributed by atoms with Gasteiger partial charge in [0.25, 0.3) is 0 Å². The molecule has 0 saturated heterocycles. The molecule has 0 radical (unpaired) electrons. The van der Waals surface area contributed by atoms with Gasteiger partial charge in [-0.1, -0.05) is 11.3 Å². The molecule has 1 aromatic carbocycles. The van der Waals surface area contributed by atoms with Gasteiger partial charge in [-0.15, -0.1) is 10.2 Å². The van der Waals surface area contributed by atoms with Crippen LogP contribution in [0, 0.1) is 0 Å². The molecule has 0 saturated carbocycles. The van der Waals surface area contributed by atoms with Gasteiger partial charge in [0.1, 0.15) is 12.4 Å². The molecule has 21 heavy (non-hydrogen) atoms. The first-order valence-electron chi connectivity index (χ1n) is 6.18. The summed E-state index contributed by atoms with van der Waals surface area (Å²) in [6.07, 6.45) is 0. The Balaban J connectivity index is 1.84. The molecule has 1 heterocycles. The van der Waals surface area contributed by atoms with Gasteiger partial charge in [0.2, 0.25) is 10.0 Å². The van der Waals surface area contributed by atoms with Crippen LogP contribution in [-0.2, 0) is 10.0 Å². The van der Waals surface area contributed by atoms with E-state index in [9.17, 15) is 8.42 Å². The number of anilines is 1. The molecule has 114 valence electrons. The van der Waals surface area contributed by atoms with Gasteiger partial charge >= 0.3 is 0 Å². The first-order chi connectivity index (χ1) is 9.96. The zero-order valence-electron chi connectivity index (χ0n) is 11.4. The minimum absolute atomic E-state index is 0.0117. The highest BCUT2D eigenvalue weighted by molar-refractivity contribution is 7.89. The lowest BCUT2D eigenvalue weighted by atomic mass is 10.3. The SMILES string of the molecule is CC(NS(=O)(=O)CCOc1cccc(N)c1)c1nn[nH]n1. The number of nitrogens with one attached hydrogen (secondary N) is 2. The summed E-state index contributed by atoms with van der Waals surface area (Å²) in [6, 6.07) is 6.22. The number of aromatic amines is 1. The van der Waals surface area contributed by atoms with E-state index in [0.717, 1.165) is 0 Å². The Morgan fingerprint density at radius 3 is 2.95 bits per heavy atom. The number of nitrogen functional groups attached to an aromatic ring is 1. The van der Waals surface area contributed by atoms with Crippen molar-refractivity contribution >= 4 is 15.7 Å². The summed E-state index contributed by atoms with van der Waals surface area (Å²) in [5.41, 5.74) is 6.16. The van der Waals surface area contributed by atoms with Crippen molar-refractivity contribution in [2.75, 3.05) is 18.1 Å². The summed E-state index contributed by atoms with van der Waals surface area (Å²) in [5, 5.41) is 13.1. The summed E-state index contributed by atoms with van der Waals surface area (Å²) in [4.78, 5) is 0. The molecule has 0 fully saturated rings.